The molecule has 2 aromatic carbocycles. The average molecular weight is 267 g/mol. The number of nitrogens with one attached hydrogen (secondary N) is 1. The molecule has 0 saturated heterocycles. The first-order valence-corrected chi connectivity index (χ1v) is 7.09. The molecule has 1 aromatic heterocycles. The lowest BCUT2D eigenvalue weighted by Gasteiger charge is -2.30. The first-order chi connectivity index (χ1) is 9.50. The fourth-order valence-corrected chi connectivity index (χ4v) is 3.02. The minimum atomic E-state index is 0.169. The van der Waals surface area contributed by atoms with Crippen molar-refractivity contribution < 1.29 is 4.42 Å². The molecule has 2 heteroatoms. The van der Waals surface area contributed by atoms with Gasteiger partial charge in [-0.1, -0.05) is 45.0 Å². The van der Waals surface area contributed by atoms with E-state index < -0.39 is 0 Å². The van der Waals surface area contributed by atoms with Crippen LogP contribution in [0.2, 0.25) is 0 Å². The number of fused-ring (bicyclic) bond motifs is 3. The van der Waals surface area contributed by atoms with E-state index >= 15 is 0 Å². The third-order valence-electron chi connectivity index (χ3n) is 3.89. The van der Waals surface area contributed by atoms with E-state index in [9.17, 15) is 0 Å². The first-order valence-electron chi connectivity index (χ1n) is 7.09. The number of para-hydroxylation sites is 1. The summed E-state index contributed by atoms with van der Waals surface area (Å²) in [5.74, 6) is 0. The maximum Gasteiger partial charge on any atom is 0.135 e. The Hall–Kier alpha value is -1.80. The normalized spacial score (nSPS) is 14.0. The largest absolute Gasteiger partial charge is 0.456 e. The Labute approximate surface area is 119 Å². The molecule has 0 fully saturated rings. The highest BCUT2D eigenvalue weighted by Gasteiger charge is 2.25. The highest BCUT2D eigenvalue weighted by atomic mass is 16.3. The Bertz CT molecular complexity index is 749. The molecule has 0 aliphatic heterocycles. The number of hydrogen-bond acceptors (Lipinski definition) is 2. The molecule has 0 bridgehead atoms. The van der Waals surface area contributed by atoms with Gasteiger partial charge in [-0.3, -0.25) is 0 Å². The Balaban J connectivity index is 2.21. The van der Waals surface area contributed by atoms with E-state index in [1.807, 2.05) is 19.2 Å². The van der Waals surface area contributed by atoms with Crippen molar-refractivity contribution in [2.24, 2.45) is 5.41 Å². The Kier molecular flexibility index (Phi) is 3.06. The summed E-state index contributed by atoms with van der Waals surface area (Å²) in [6, 6.07) is 15.0. The van der Waals surface area contributed by atoms with E-state index in [1.54, 1.807) is 0 Å². The summed E-state index contributed by atoms with van der Waals surface area (Å²) in [7, 11) is 2.02. The fourth-order valence-electron chi connectivity index (χ4n) is 3.02. The second kappa shape index (κ2) is 4.64. The van der Waals surface area contributed by atoms with Crippen LogP contribution in [0.5, 0.6) is 0 Å². The van der Waals surface area contributed by atoms with E-state index in [-0.39, 0.29) is 5.41 Å². The van der Waals surface area contributed by atoms with Crippen LogP contribution in [0.15, 0.2) is 46.9 Å². The summed E-state index contributed by atoms with van der Waals surface area (Å²) >= 11 is 0. The van der Waals surface area contributed by atoms with Crippen LogP contribution >= 0.6 is 0 Å². The maximum atomic E-state index is 5.89. The third-order valence-corrected chi connectivity index (χ3v) is 3.89. The molecular weight excluding hydrogens is 246 g/mol. The van der Waals surface area contributed by atoms with Crippen molar-refractivity contribution in [2.45, 2.75) is 26.8 Å². The van der Waals surface area contributed by atoms with E-state index in [1.165, 1.54) is 16.3 Å². The summed E-state index contributed by atoms with van der Waals surface area (Å²) in [5.41, 5.74) is 3.39. The molecule has 1 atom stereocenters. The number of hydrogen-bond donors (Lipinski definition) is 1. The summed E-state index contributed by atoms with van der Waals surface area (Å²) in [6.45, 7) is 6.77. The summed E-state index contributed by atoms with van der Waals surface area (Å²) in [6.07, 6.45) is 0. The second-order valence-corrected chi connectivity index (χ2v) is 6.44. The van der Waals surface area contributed by atoms with Crippen molar-refractivity contribution in [1.82, 2.24) is 5.32 Å². The predicted molar refractivity (Wildman–Crippen MR) is 85.0 cm³/mol. The van der Waals surface area contributed by atoms with Crippen molar-refractivity contribution in [3.63, 3.8) is 0 Å². The second-order valence-electron chi connectivity index (χ2n) is 6.44. The highest BCUT2D eigenvalue weighted by molar-refractivity contribution is 6.05. The molecule has 1 unspecified atom stereocenters. The molecular formula is C18H21NO. The molecule has 1 N–H and O–H groups in total. The van der Waals surface area contributed by atoms with Gasteiger partial charge in [-0.2, -0.15) is 0 Å². The Morgan fingerprint density at radius 2 is 1.65 bits per heavy atom. The third kappa shape index (κ3) is 2.10. The van der Waals surface area contributed by atoms with Gasteiger partial charge in [-0.25, -0.2) is 0 Å². The monoisotopic (exact) mass is 267 g/mol. The molecule has 0 aliphatic rings. The van der Waals surface area contributed by atoms with Crippen LogP contribution in [0, 0.1) is 5.41 Å². The molecule has 2 nitrogen and oxygen atoms in total. The van der Waals surface area contributed by atoms with Gasteiger partial charge in [0.25, 0.3) is 0 Å². The number of rotatable bonds is 2. The molecule has 3 rings (SSSR count). The molecule has 104 valence electrons. The fraction of sp³-hybridized carbons (Fsp3) is 0.333. The summed E-state index contributed by atoms with van der Waals surface area (Å²) in [4.78, 5) is 0. The SMILES string of the molecule is CNC(c1ccc2oc3ccccc3c2c1)C(C)(C)C. The van der Waals surface area contributed by atoms with E-state index in [0.717, 1.165) is 11.2 Å². The molecule has 1 heterocycles. The van der Waals surface area contributed by atoms with Gasteiger partial charge in [0.2, 0.25) is 0 Å². The molecule has 0 amide bonds. The molecule has 0 aliphatic carbocycles. The van der Waals surface area contributed by atoms with Crippen LogP contribution in [0.4, 0.5) is 0 Å². The summed E-state index contributed by atoms with van der Waals surface area (Å²) in [5, 5.41) is 5.82. The van der Waals surface area contributed by atoms with Crippen molar-refractivity contribution >= 4 is 21.9 Å². The van der Waals surface area contributed by atoms with E-state index in [4.69, 9.17) is 4.42 Å². The maximum absolute atomic E-state index is 5.89. The van der Waals surface area contributed by atoms with Gasteiger partial charge in [0, 0.05) is 16.8 Å². The number of benzene rings is 2. The lowest BCUT2D eigenvalue weighted by atomic mass is 9.82. The molecule has 20 heavy (non-hydrogen) atoms. The first kappa shape index (κ1) is 13.2. The van der Waals surface area contributed by atoms with Crippen LogP contribution in [-0.2, 0) is 0 Å². The lowest BCUT2D eigenvalue weighted by Crippen LogP contribution is -2.29. The Morgan fingerprint density at radius 1 is 0.950 bits per heavy atom. The van der Waals surface area contributed by atoms with Crippen molar-refractivity contribution in [3.8, 4) is 0 Å². The zero-order valence-electron chi connectivity index (χ0n) is 12.5. The van der Waals surface area contributed by atoms with Crippen LogP contribution in [0.1, 0.15) is 32.4 Å². The summed E-state index contributed by atoms with van der Waals surface area (Å²) < 4.78 is 5.89. The zero-order chi connectivity index (χ0) is 14.3. The smallest absolute Gasteiger partial charge is 0.135 e. The van der Waals surface area contributed by atoms with Gasteiger partial charge < -0.3 is 9.73 Å². The van der Waals surface area contributed by atoms with E-state index in [2.05, 4.69) is 56.4 Å². The standard InChI is InChI=1S/C18H21NO/c1-18(2,3)17(19-4)12-9-10-16-14(11-12)13-7-5-6-8-15(13)20-16/h5-11,17,19H,1-4H3. The molecule has 3 aromatic rings. The van der Waals surface area contributed by atoms with E-state index in [0.29, 0.717) is 6.04 Å². The van der Waals surface area contributed by atoms with Crippen LogP contribution < -0.4 is 5.32 Å². The van der Waals surface area contributed by atoms with Gasteiger partial charge in [0.15, 0.2) is 0 Å². The average Bonchev–Trinajstić information content (AvgIpc) is 2.76. The van der Waals surface area contributed by atoms with Crippen LogP contribution in [-0.4, -0.2) is 7.05 Å². The molecule has 0 spiro atoms. The van der Waals surface area contributed by atoms with Gasteiger partial charge in [0.05, 0.1) is 0 Å². The van der Waals surface area contributed by atoms with Gasteiger partial charge in [-0.15, -0.1) is 0 Å². The molecule has 0 saturated carbocycles. The zero-order valence-corrected chi connectivity index (χ0v) is 12.5. The van der Waals surface area contributed by atoms with Crippen LogP contribution in [0.3, 0.4) is 0 Å². The lowest BCUT2D eigenvalue weighted by molar-refractivity contribution is 0.287. The van der Waals surface area contributed by atoms with Crippen molar-refractivity contribution in [2.75, 3.05) is 7.05 Å². The number of furan rings is 1. The minimum Gasteiger partial charge on any atom is -0.456 e. The van der Waals surface area contributed by atoms with Crippen molar-refractivity contribution in [1.29, 1.82) is 0 Å². The van der Waals surface area contributed by atoms with Crippen molar-refractivity contribution in [3.05, 3.63) is 48.0 Å². The quantitative estimate of drug-likeness (QED) is 0.715. The minimum absolute atomic E-state index is 0.169. The van der Waals surface area contributed by atoms with Crippen LogP contribution in [0.25, 0.3) is 21.9 Å². The van der Waals surface area contributed by atoms with Gasteiger partial charge in [0.1, 0.15) is 11.2 Å². The highest BCUT2D eigenvalue weighted by Crippen LogP contribution is 2.36. The predicted octanol–water partition coefficient (Wildman–Crippen LogP) is 4.89. The topological polar surface area (TPSA) is 25.2 Å². The van der Waals surface area contributed by atoms with Gasteiger partial charge >= 0.3 is 0 Å². The molecule has 0 radical (unpaired) electrons. The Morgan fingerprint density at radius 3 is 2.35 bits per heavy atom. The van der Waals surface area contributed by atoms with Gasteiger partial charge in [-0.05, 0) is 36.2 Å².